The summed E-state index contributed by atoms with van der Waals surface area (Å²) in [6.45, 7) is 3.26. The van der Waals surface area contributed by atoms with Crippen molar-refractivity contribution in [3.05, 3.63) is 51.3 Å². The van der Waals surface area contributed by atoms with Gasteiger partial charge in [0.1, 0.15) is 24.4 Å². The van der Waals surface area contributed by atoms with Gasteiger partial charge in [-0.3, -0.25) is 10.1 Å². The van der Waals surface area contributed by atoms with Crippen molar-refractivity contribution in [1.29, 1.82) is 0 Å². The number of aliphatic hydroxyl groups is 4. The van der Waals surface area contributed by atoms with Crippen molar-refractivity contribution in [1.82, 2.24) is 15.0 Å². The summed E-state index contributed by atoms with van der Waals surface area (Å²) < 4.78 is 6.94. The van der Waals surface area contributed by atoms with Gasteiger partial charge in [-0.25, -0.2) is 4.68 Å². The van der Waals surface area contributed by atoms with E-state index in [4.69, 9.17) is 4.74 Å². The molecule has 0 amide bonds. The van der Waals surface area contributed by atoms with E-state index in [1.54, 1.807) is 12.1 Å². The zero-order valence-electron chi connectivity index (χ0n) is 16.0. The molecule has 1 aromatic carbocycles. The number of aliphatic hydroxyl groups excluding tert-OH is 4. The van der Waals surface area contributed by atoms with Gasteiger partial charge in [0.2, 0.25) is 0 Å². The Bertz CT molecular complexity index is 852. The van der Waals surface area contributed by atoms with Gasteiger partial charge >= 0.3 is 0 Å². The largest absolute Gasteiger partial charge is 0.394 e. The van der Waals surface area contributed by atoms with E-state index in [-0.39, 0.29) is 11.6 Å². The van der Waals surface area contributed by atoms with Gasteiger partial charge in [0, 0.05) is 18.6 Å². The highest BCUT2D eigenvalue weighted by molar-refractivity contribution is 5.35. The fourth-order valence-electron chi connectivity index (χ4n) is 3.46. The standard InChI is InChI=1S/C18H24N4O7/c1-9(2)14-12(7-10-3-5-11(6-4-10)22(27)28)19-20-21(14)18-17(26)16(25)15(24)13(8-23)29-18/h3-6,9,13,15-18,23-26H,7-8H2,1-2H3/t13-,15-,16+,17-,18-/m1/s1. The second kappa shape index (κ2) is 8.51. The Morgan fingerprint density at radius 2 is 1.83 bits per heavy atom. The van der Waals surface area contributed by atoms with Crippen LogP contribution >= 0.6 is 0 Å². The van der Waals surface area contributed by atoms with Crippen LogP contribution in [0.5, 0.6) is 0 Å². The first-order chi connectivity index (χ1) is 13.7. The summed E-state index contributed by atoms with van der Waals surface area (Å²) in [5.41, 5.74) is 2.01. The van der Waals surface area contributed by atoms with E-state index in [2.05, 4.69) is 10.3 Å². The van der Waals surface area contributed by atoms with Crippen molar-refractivity contribution in [2.75, 3.05) is 6.61 Å². The molecule has 4 N–H and O–H groups in total. The molecule has 0 saturated carbocycles. The van der Waals surface area contributed by atoms with Crippen molar-refractivity contribution < 1.29 is 30.1 Å². The summed E-state index contributed by atoms with van der Waals surface area (Å²) in [6.07, 6.45) is -6.30. The van der Waals surface area contributed by atoms with E-state index in [9.17, 15) is 30.5 Å². The summed E-state index contributed by atoms with van der Waals surface area (Å²) >= 11 is 0. The molecule has 3 rings (SSSR count). The van der Waals surface area contributed by atoms with Crippen LogP contribution in [0.4, 0.5) is 5.69 Å². The lowest BCUT2D eigenvalue weighted by molar-refractivity contribution is -0.384. The van der Waals surface area contributed by atoms with Gasteiger partial charge in [0.05, 0.1) is 22.9 Å². The average Bonchev–Trinajstić information content (AvgIpc) is 3.10. The fraction of sp³-hybridized carbons (Fsp3) is 0.556. The van der Waals surface area contributed by atoms with E-state index >= 15 is 0 Å². The zero-order valence-corrected chi connectivity index (χ0v) is 16.0. The number of non-ortho nitro benzene ring substituents is 1. The molecule has 0 spiro atoms. The SMILES string of the molecule is CC(C)c1c(Cc2ccc([N+](=O)[O-])cc2)nnn1[C@@H]1O[C@H](CO)[C@@H](O)[C@H](O)[C@H]1O. The van der Waals surface area contributed by atoms with Crippen LogP contribution in [0.15, 0.2) is 24.3 Å². The number of hydrogen-bond acceptors (Lipinski definition) is 9. The van der Waals surface area contributed by atoms with E-state index in [0.29, 0.717) is 17.8 Å². The number of aromatic nitrogens is 3. The van der Waals surface area contributed by atoms with Gasteiger partial charge in [-0.05, 0) is 11.5 Å². The van der Waals surface area contributed by atoms with E-state index in [0.717, 1.165) is 5.56 Å². The van der Waals surface area contributed by atoms with Crippen LogP contribution < -0.4 is 0 Å². The van der Waals surface area contributed by atoms with E-state index in [1.807, 2.05) is 13.8 Å². The number of ether oxygens (including phenoxy) is 1. The van der Waals surface area contributed by atoms with Crippen LogP contribution in [0.3, 0.4) is 0 Å². The molecule has 29 heavy (non-hydrogen) atoms. The summed E-state index contributed by atoms with van der Waals surface area (Å²) in [6, 6.07) is 6.09. The molecule has 158 valence electrons. The van der Waals surface area contributed by atoms with Crippen LogP contribution in [-0.4, -0.2) is 71.4 Å². The van der Waals surface area contributed by atoms with Gasteiger partial charge in [0.15, 0.2) is 6.23 Å². The third kappa shape index (κ3) is 4.14. The maximum atomic E-state index is 10.8. The maximum Gasteiger partial charge on any atom is 0.269 e. The Labute approximate surface area is 166 Å². The van der Waals surface area contributed by atoms with Crippen molar-refractivity contribution in [3.8, 4) is 0 Å². The highest BCUT2D eigenvalue weighted by Gasteiger charge is 2.45. The van der Waals surface area contributed by atoms with Crippen LogP contribution in [0.25, 0.3) is 0 Å². The van der Waals surface area contributed by atoms with Gasteiger partial charge in [-0.15, -0.1) is 5.10 Å². The molecule has 1 fully saturated rings. The Balaban J connectivity index is 1.91. The third-order valence-corrected chi connectivity index (χ3v) is 4.98. The molecule has 0 bridgehead atoms. The summed E-state index contributed by atoms with van der Waals surface area (Å²) in [4.78, 5) is 10.3. The molecule has 1 saturated heterocycles. The second-order valence-corrected chi connectivity index (χ2v) is 7.34. The lowest BCUT2D eigenvalue weighted by Crippen LogP contribution is -2.56. The maximum absolute atomic E-state index is 10.8. The van der Waals surface area contributed by atoms with Gasteiger partial charge in [-0.1, -0.05) is 31.2 Å². The third-order valence-electron chi connectivity index (χ3n) is 4.98. The Morgan fingerprint density at radius 3 is 2.38 bits per heavy atom. The van der Waals surface area contributed by atoms with Gasteiger partial charge in [0.25, 0.3) is 5.69 Å². The number of hydrogen-bond donors (Lipinski definition) is 4. The van der Waals surface area contributed by atoms with Crippen LogP contribution in [0.2, 0.25) is 0 Å². The second-order valence-electron chi connectivity index (χ2n) is 7.34. The molecule has 2 heterocycles. The summed E-state index contributed by atoms with van der Waals surface area (Å²) in [5.74, 6) is -0.0783. The normalized spacial score (nSPS) is 27.3. The molecule has 2 aromatic rings. The smallest absolute Gasteiger partial charge is 0.269 e. The number of nitro benzene ring substituents is 1. The summed E-state index contributed by atoms with van der Waals surface area (Å²) in [7, 11) is 0. The van der Waals surface area contributed by atoms with Crippen LogP contribution in [0, 0.1) is 10.1 Å². The molecular formula is C18H24N4O7. The van der Waals surface area contributed by atoms with E-state index < -0.39 is 42.2 Å². The molecule has 5 atom stereocenters. The minimum atomic E-state index is -1.52. The Kier molecular flexibility index (Phi) is 6.24. The number of benzene rings is 1. The first-order valence-corrected chi connectivity index (χ1v) is 9.22. The molecule has 1 aliphatic rings. The van der Waals surface area contributed by atoms with Crippen LogP contribution in [-0.2, 0) is 11.2 Å². The predicted octanol–water partition coefficient (Wildman–Crippen LogP) is -0.127. The highest BCUT2D eigenvalue weighted by Crippen LogP contribution is 2.32. The van der Waals surface area contributed by atoms with Gasteiger partial charge < -0.3 is 25.2 Å². The molecule has 11 heteroatoms. The van der Waals surface area contributed by atoms with Crippen molar-refractivity contribution in [3.63, 3.8) is 0 Å². The Hall–Kier alpha value is -2.44. The van der Waals surface area contributed by atoms with Crippen molar-refractivity contribution in [2.45, 2.75) is 56.8 Å². The molecule has 0 unspecified atom stereocenters. The molecule has 0 aliphatic carbocycles. The predicted molar refractivity (Wildman–Crippen MR) is 99.0 cm³/mol. The van der Waals surface area contributed by atoms with Gasteiger partial charge in [-0.2, -0.15) is 0 Å². The van der Waals surface area contributed by atoms with Crippen molar-refractivity contribution >= 4 is 5.69 Å². The molecule has 1 aromatic heterocycles. The number of rotatable bonds is 6. The lowest BCUT2D eigenvalue weighted by Gasteiger charge is -2.40. The lowest BCUT2D eigenvalue weighted by atomic mass is 9.97. The quantitative estimate of drug-likeness (QED) is 0.376. The van der Waals surface area contributed by atoms with Crippen LogP contribution in [0.1, 0.15) is 42.9 Å². The number of nitro groups is 1. The van der Waals surface area contributed by atoms with Crippen molar-refractivity contribution in [2.24, 2.45) is 0 Å². The first kappa shape index (κ1) is 21.3. The Morgan fingerprint density at radius 1 is 1.17 bits per heavy atom. The fourth-order valence-corrected chi connectivity index (χ4v) is 3.46. The highest BCUT2D eigenvalue weighted by atomic mass is 16.6. The minimum absolute atomic E-state index is 0.0113. The minimum Gasteiger partial charge on any atom is -0.394 e. The number of nitrogens with zero attached hydrogens (tertiary/aromatic N) is 4. The molecular weight excluding hydrogens is 384 g/mol. The summed E-state index contributed by atoms with van der Waals surface area (Å²) in [5, 5.41) is 58.9. The monoisotopic (exact) mass is 408 g/mol. The average molecular weight is 408 g/mol. The first-order valence-electron chi connectivity index (χ1n) is 9.22. The molecule has 11 nitrogen and oxygen atoms in total. The molecule has 0 radical (unpaired) electrons. The topological polar surface area (TPSA) is 164 Å². The zero-order chi connectivity index (χ0) is 21.3. The van der Waals surface area contributed by atoms with E-state index in [1.165, 1.54) is 16.8 Å². The molecule has 1 aliphatic heterocycles.